The summed E-state index contributed by atoms with van der Waals surface area (Å²) < 4.78 is 5.35. The van der Waals surface area contributed by atoms with Gasteiger partial charge in [0.25, 0.3) is 0 Å². The molecule has 10 heavy (non-hydrogen) atoms. The normalized spacial score (nSPS) is 33.4. The van der Waals surface area contributed by atoms with Crippen LogP contribution in [0.2, 0.25) is 0 Å². The molecule has 1 fully saturated rings. The second kappa shape index (κ2) is 3.20. The summed E-state index contributed by atoms with van der Waals surface area (Å²) in [5, 5.41) is 0. The second-order valence-electron chi connectivity index (χ2n) is 2.99. The van der Waals surface area contributed by atoms with Crippen molar-refractivity contribution in [1.82, 2.24) is 0 Å². The highest BCUT2D eigenvalue weighted by atomic mass is 16.6. The Balaban J connectivity index is 2.27. The van der Waals surface area contributed by atoms with Crippen LogP contribution in [0.4, 0.5) is 0 Å². The summed E-state index contributed by atoms with van der Waals surface area (Å²) in [4.78, 5) is 0. The van der Waals surface area contributed by atoms with Gasteiger partial charge in [-0.3, -0.25) is 0 Å². The first kappa shape index (κ1) is 7.80. The minimum atomic E-state index is 0.481. The zero-order chi connectivity index (χ0) is 7.56. The summed E-state index contributed by atoms with van der Waals surface area (Å²) in [5.41, 5.74) is 0. The van der Waals surface area contributed by atoms with E-state index < -0.39 is 0 Å². The molecule has 1 saturated heterocycles. The lowest BCUT2D eigenvalue weighted by Crippen LogP contribution is -2.05. The summed E-state index contributed by atoms with van der Waals surface area (Å²) >= 11 is 0. The van der Waals surface area contributed by atoms with Crippen LogP contribution >= 0.6 is 0 Å². The molecule has 3 unspecified atom stereocenters. The maximum absolute atomic E-state index is 5.35. The summed E-state index contributed by atoms with van der Waals surface area (Å²) in [6.45, 7) is 8.12. The van der Waals surface area contributed by atoms with E-state index in [-0.39, 0.29) is 0 Å². The van der Waals surface area contributed by atoms with Crippen molar-refractivity contribution >= 4 is 0 Å². The lowest BCUT2D eigenvalue weighted by atomic mass is 9.98. The van der Waals surface area contributed by atoms with E-state index in [1.165, 1.54) is 12.8 Å². The molecule has 0 aromatic carbocycles. The lowest BCUT2D eigenvalue weighted by Gasteiger charge is -2.05. The molecule has 1 nitrogen and oxygen atoms in total. The molecule has 0 N–H and O–H groups in total. The Kier molecular flexibility index (Phi) is 2.50. The van der Waals surface area contributed by atoms with E-state index in [4.69, 9.17) is 4.74 Å². The van der Waals surface area contributed by atoms with Gasteiger partial charge in [-0.2, -0.15) is 0 Å². The smallest absolute Gasteiger partial charge is 0.0901 e. The molecule has 3 atom stereocenters. The Hall–Kier alpha value is -0.300. The summed E-state index contributed by atoms with van der Waals surface area (Å²) in [6, 6.07) is 0. The molecule has 0 aromatic rings. The van der Waals surface area contributed by atoms with Gasteiger partial charge < -0.3 is 4.74 Å². The third-order valence-electron chi connectivity index (χ3n) is 2.10. The monoisotopic (exact) mass is 140 g/mol. The third-order valence-corrected chi connectivity index (χ3v) is 2.10. The van der Waals surface area contributed by atoms with Crippen LogP contribution in [-0.4, -0.2) is 12.2 Å². The summed E-state index contributed by atoms with van der Waals surface area (Å²) in [7, 11) is 0. The highest BCUT2D eigenvalue weighted by Crippen LogP contribution is 2.32. The maximum Gasteiger partial charge on any atom is 0.0901 e. The van der Waals surface area contributed by atoms with Crippen LogP contribution in [0.3, 0.4) is 0 Å². The van der Waals surface area contributed by atoms with E-state index >= 15 is 0 Å². The average Bonchev–Trinajstić information content (AvgIpc) is 2.62. The van der Waals surface area contributed by atoms with E-state index in [0.29, 0.717) is 18.1 Å². The molecule has 1 aliphatic heterocycles. The Morgan fingerprint density at radius 2 is 2.30 bits per heavy atom. The van der Waals surface area contributed by atoms with E-state index in [2.05, 4.69) is 20.4 Å². The average molecular weight is 140 g/mol. The van der Waals surface area contributed by atoms with Crippen molar-refractivity contribution in [1.29, 1.82) is 0 Å². The van der Waals surface area contributed by atoms with E-state index in [1.807, 2.05) is 6.08 Å². The molecule has 1 heteroatoms. The number of ether oxygens (including phenoxy) is 1. The highest BCUT2D eigenvalue weighted by Gasteiger charge is 2.38. The quantitative estimate of drug-likeness (QED) is 0.431. The van der Waals surface area contributed by atoms with Crippen molar-refractivity contribution in [2.45, 2.75) is 38.9 Å². The van der Waals surface area contributed by atoms with Gasteiger partial charge in [-0.25, -0.2) is 0 Å². The van der Waals surface area contributed by atoms with E-state index in [1.54, 1.807) is 0 Å². The number of epoxide rings is 1. The molecule has 0 amide bonds. The topological polar surface area (TPSA) is 12.5 Å². The standard InChI is InChI=1S/C9H16O/c1-4-6-8(5-2)9-7(3)10-9/h5,7-9H,2,4,6H2,1,3H3. The fourth-order valence-electron chi connectivity index (χ4n) is 1.40. The van der Waals surface area contributed by atoms with Crippen LogP contribution in [0, 0.1) is 5.92 Å². The fraction of sp³-hybridized carbons (Fsp3) is 0.778. The minimum Gasteiger partial charge on any atom is -0.369 e. The van der Waals surface area contributed by atoms with Crippen molar-refractivity contribution < 1.29 is 4.74 Å². The van der Waals surface area contributed by atoms with Crippen molar-refractivity contribution in [3.63, 3.8) is 0 Å². The maximum atomic E-state index is 5.35. The van der Waals surface area contributed by atoms with E-state index in [0.717, 1.165) is 0 Å². The van der Waals surface area contributed by atoms with Crippen molar-refractivity contribution in [2.75, 3.05) is 0 Å². The van der Waals surface area contributed by atoms with Gasteiger partial charge in [-0.1, -0.05) is 19.4 Å². The highest BCUT2D eigenvalue weighted by molar-refractivity contribution is 4.95. The second-order valence-corrected chi connectivity index (χ2v) is 2.99. The summed E-state index contributed by atoms with van der Waals surface area (Å²) in [5.74, 6) is 0.597. The van der Waals surface area contributed by atoms with Gasteiger partial charge in [0.2, 0.25) is 0 Å². The van der Waals surface area contributed by atoms with Gasteiger partial charge in [0.05, 0.1) is 12.2 Å². The van der Waals surface area contributed by atoms with Gasteiger partial charge in [-0.05, 0) is 13.3 Å². The van der Waals surface area contributed by atoms with Crippen molar-refractivity contribution in [3.05, 3.63) is 12.7 Å². The van der Waals surface area contributed by atoms with Gasteiger partial charge >= 0.3 is 0 Å². The van der Waals surface area contributed by atoms with Crippen LogP contribution in [0.15, 0.2) is 12.7 Å². The largest absolute Gasteiger partial charge is 0.369 e. The van der Waals surface area contributed by atoms with E-state index in [9.17, 15) is 0 Å². The molecule has 1 rings (SSSR count). The minimum absolute atomic E-state index is 0.481. The molecule has 0 spiro atoms. The van der Waals surface area contributed by atoms with Crippen LogP contribution < -0.4 is 0 Å². The lowest BCUT2D eigenvalue weighted by molar-refractivity contribution is 0.335. The van der Waals surface area contributed by atoms with Gasteiger partial charge in [0, 0.05) is 5.92 Å². The van der Waals surface area contributed by atoms with Crippen LogP contribution in [0.5, 0.6) is 0 Å². The number of hydrogen-bond acceptors (Lipinski definition) is 1. The molecule has 0 aromatic heterocycles. The van der Waals surface area contributed by atoms with Crippen LogP contribution in [0.1, 0.15) is 26.7 Å². The first-order valence-electron chi connectivity index (χ1n) is 4.07. The summed E-state index contributed by atoms with van der Waals surface area (Å²) in [6.07, 6.45) is 5.44. The zero-order valence-electron chi connectivity index (χ0n) is 6.84. The molecule has 0 saturated carbocycles. The Morgan fingerprint density at radius 1 is 1.70 bits per heavy atom. The van der Waals surface area contributed by atoms with Gasteiger partial charge in [0.15, 0.2) is 0 Å². The molecular weight excluding hydrogens is 124 g/mol. The molecule has 0 bridgehead atoms. The van der Waals surface area contributed by atoms with Crippen molar-refractivity contribution in [3.8, 4) is 0 Å². The Bertz CT molecular complexity index is 120. The molecule has 58 valence electrons. The fourth-order valence-corrected chi connectivity index (χ4v) is 1.40. The van der Waals surface area contributed by atoms with Crippen LogP contribution in [-0.2, 0) is 4.74 Å². The predicted octanol–water partition coefficient (Wildman–Crippen LogP) is 2.38. The predicted molar refractivity (Wildman–Crippen MR) is 42.9 cm³/mol. The molecule has 1 heterocycles. The number of hydrogen-bond donors (Lipinski definition) is 0. The first-order valence-corrected chi connectivity index (χ1v) is 4.07. The van der Waals surface area contributed by atoms with Gasteiger partial charge in [-0.15, -0.1) is 6.58 Å². The molecular formula is C9H16O. The third kappa shape index (κ3) is 1.60. The Labute approximate surface area is 63.1 Å². The van der Waals surface area contributed by atoms with Crippen LogP contribution in [0.25, 0.3) is 0 Å². The molecule has 0 radical (unpaired) electrons. The first-order chi connectivity index (χ1) is 4.79. The number of rotatable bonds is 4. The van der Waals surface area contributed by atoms with Gasteiger partial charge in [0.1, 0.15) is 0 Å². The Morgan fingerprint density at radius 3 is 2.60 bits per heavy atom. The SMILES string of the molecule is C=CC(CCC)C1OC1C. The zero-order valence-corrected chi connectivity index (χ0v) is 6.84. The molecule has 1 aliphatic rings. The molecule has 0 aliphatic carbocycles. The van der Waals surface area contributed by atoms with Crippen molar-refractivity contribution in [2.24, 2.45) is 5.92 Å².